The van der Waals surface area contributed by atoms with Crippen molar-refractivity contribution in [2.24, 2.45) is 0 Å². The summed E-state index contributed by atoms with van der Waals surface area (Å²) < 4.78 is 0. The first-order valence-corrected chi connectivity index (χ1v) is 9.60. The maximum Gasteiger partial charge on any atom is 0.251 e. The first-order valence-electron chi connectivity index (χ1n) is 9.60. The summed E-state index contributed by atoms with van der Waals surface area (Å²) in [5, 5.41) is 9.30. The molecule has 0 saturated heterocycles. The van der Waals surface area contributed by atoms with Crippen molar-refractivity contribution in [3.8, 4) is 0 Å². The fourth-order valence-corrected chi connectivity index (χ4v) is 3.18. The smallest absolute Gasteiger partial charge is 0.251 e. The van der Waals surface area contributed by atoms with Crippen LogP contribution in [-0.2, 0) is 0 Å². The Balaban J connectivity index is 1.75. The largest absolute Gasteiger partial charge is 0.352 e. The number of benzene rings is 1. The molecule has 3 N–H and O–H groups in total. The van der Waals surface area contributed by atoms with Gasteiger partial charge in [-0.3, -0.25) is 9.59 Å². The lowest BCUT2D eigenvalue weighted by Gasteiger charge is -2.16. The number of carbonyl (C=O) groups excluding carboxylic acids is 2. The summed E-state index contributed by atoms with van der Waals surface area (Å²) in [5.41, 5.74) is 1.05. The van der Waals surface area contributed by atoms with Gasteiger partial charge in [-0.15, -0.1) is 0 Å². The molecular formula is C20H31N3O2. The molecule has 5 heteroatoms. The first-order chi connectivity index (χ1) is 12.2. The summed E-state index contributed by atoms with van der Waals surface area (Å²) in [6.07, 6.45) is 8.66. The number of rotatable bonds is 8. The molecule has 0 aliphatic heterocycles. The third-order valence-corrected chi connectivity index (χ3v) is 4.62. The summed E-state index contributed by atoms with van der Waals surface area (Å²) >= 11 is 0. The molecule has 1 aliphatic rings. The van der Waals surface area contributed by atoms with Crippen LogP contribution in [0.5, 0.6) is 0 Å². The van der Waals surface area contributed by atoms with E-state index in [4.69, 9.17) is 0 Å². The lowest BCUT2D eigenvalue weighted by molar-refractivity contribution is 0.0953. The minimum absolute atomic E-state index is 0.132. The maximum atomic E-state index is 12.3. The van der Waals surface area contributed by atoms with Gasteiger partial charge in [0, 0.05) is 36.8 Å². The van der Waals surface area contributed by atoms with Gasteiger partial charge in [-0.2, -0.15) is 0 Å². The van der Waals surface area contributed by atoms with E-state index in [0.717, 1.165) is 13.0 Å². The zero-order valence-corrected chi connectivity index (χ0v) is 15.3. The Bertz CT molecular complexity index is 552. The van der Waals surface area contributed by atoms with Gasteiger partial charge < -0.3 is 16.0 Å². The van der Waals surface area contributed by atoms with Crippen LogP contribution < -0.4 is 16.0 Å². The van der Waals surface area contributed by atoms with Crippen molar-refractivity contribution in [2.75, 3.05) is 19.6 Å². The molecule has 0 atom stereocenters. The number of amides is 2. The Kier molecular flexibility index (Phi) is 8.46. The van der Waals surface area contributed by atoms with Gasteiger partial charge in [0.25, 0.3) is 11.8 Å². The van der Waals surface area contributed by atoms with Crippen LogP contribution >= 0.6 is 0 Å². The number of carbonyl (C=O) groups is 2. The highest BCUT2D eigenvalue weighted by Crippen LogP contribution is 2.16. The monoisotopic (exact) mass is 345 g/mol. The lowest BCUT2D eigenvalue weighted by atomic mass is 10.1. The van der Waals surface area contributed by atoms with Crippen LogP contribution in [0.25, 0.3) is 0 Å². The van der Waals surface area contributed by atoms with Crippen LogP contribution in [0.15, 0.2) is 24.3 Å². The van der Waals surface area contributed by atoms with Gasteiger partial charge in [0.1, 0.15) is 0 Å². The van der Waals surface area contributed by atoms with E-state index >= 15 is 0 Å². The fraction of sp³-hybridized carbons (Fsp3) is 0.600. The number of hydrogen-bond acceptors (Lipinski definition) is 3. The molecule has 0 radical (unpaired) electrons. The van der Waals surface area contributed by atoms with Crippen molar-refractivity contribution < 1.29 is 9.59 Å². The highest BCUT2D eigenvalue weighted by molar-refractivity contribution is 5.99. The Morgan fingerprint density at radius 1 is 0.920 bits per heavy atom. The zero-order valence-electron chi connectivity index (χ0n) is 15.3. The van der Waals surface area contributed by atoms with E-state index < -0.39 is 0 Å². The molecule has 2 rings (SSSR count). The molecule has 1 aromatic carbocycles. The molecule has 1 fully saturated rings. The van der Waals surface area contributed by atoms with E-state index in [-0.39, 0.29) is 11.8 Å². The van der Waals surface area contributed by atoms with Gasteiger partial charge in [0.15, 0.2) is 0 Å². The van der Waals surface area contributed by atoms with Crippen LogP contribution in [0.2, 0.25) is 0 Å². The van der Waals surface area contributed by atoms with Crippen LogP contribution in [0.3, 0.4) is 0 Å². The van der Waals surface area contributed by atoms with Gasteiger partial charge in [0.2, 0.25) is 0 Å². The molecule has 0 bridgehead atoms. The van der Waals surface area contributed by atoms with Gasteiger partial charge in [-0.1, -0.05) is 38.7 Å². The van der Waals surface area contributed by atoms with Gasteiger partial charge in [0.05, 0.1) is 0 Å². The highest BCUT2D eigenvalue weighted by atomic mass is 16.2. The molecule has 0 heterocycles. The fourth-order valence-electron chi connectivity index (χ4n) is 3.18. The average Bonchev–Trinajstić information content (AvgIpc) is 2.92. The van der Waals surface area contributed by atoms with Crippen molar-refractivity contribution in [2.45, 2.75) is 57.9 Å². The SMILES string of the molecule is CCCNC(=O)c1cccc(C(=O)NCCNC2CCCCCC2)c1. The summed E-state index contributed by atoms with van der Waals surface area (Å²) in [6, 6.07) is 7.46. The Morgan fingerprint density at radius 3 is 2.12 bits per heavy atom. The van der Waals surface area contributed by atoms with Crippen LogP contribution in [0.4, 0.5) is 0 Å². The van der Waals surface area contributed by atoms with Crippen molar-refractivity contribution >= 4 is 11.8 Å². The molecule has 138 valence electrons. The normalized spacial score (nSPS) is 15.4. The van der Waals surface area contributed by atoms with Gasteiger partial charge >= 0.3 is 0 Å². The second-order valence-corrected chi connectivity index (χ2v) is 6.74. The quantitative estimate of drug-likeness (QED) is 0.501. The van der Waals surface area contributed by atoms with Crippen LogP contribution in [-0.4, -0.2) is 37.5 Å². The van der Waals surface area contributed by atoms with E-state index in [9.17, 15) is 9.59 Å². The van der Waals surface area contributed by atoms with Crippen LogP contribution in [0, 0.1) is 0 Å². The van der Waals surface area contributed by atoms with Crippen molar-refractivity contribution in [1.82, 2.24) is 16.0 Å². The summed E-state index contributed by atoms with van der Waals surface area (Å²) in [5.74, 6) is -0.265. The van der Waals surface area contributed by atoms with Gasteiger partial charge in [-0.05, 0) is 37.5 Å². The van der Waals surface area contributed by atoms with E-state index in [1.165, 1.54) is 38.5 Å². The van der Waals surface area contributed by atoms with Crippen molar-refractivity contribution in [3.05, 3.63) is 35.4 Å². The minimum Gasteiger partial charge on any atom is -0.352 e. The van der Waals surface area contributed by atoms with Crippen molar-refractivity contribution in [1.29, 1.82) is 0 Å². The van der Waals surface area contributed by atoms with Gasteiger partial charge in [-0.25, -0.2) is 0 Å². The number of hydrogen-bond donors (Lipinski definition) is 3. The molecule has 0 spiro atoms. The van der Waals surface area contributed by atoms with E-state index in [1.54, 1.807) is 24.3 Å². The molecule has 0 aromatic heterocycles. The Hall–Kier alpha value is -1.88. The second kappa shape index (κ2) is 10.9. The maximum absolute atomic E-state index is 12.3. The predicted octanol–water partition coefficient (Wildman–Crippen LogP) is 2.87. The molecule has 0 unspecified atom stereocenters. The van der Waals surface area contributed by atoms with Crippen molar-refractivity contribution in [3.63, 3.8) is 0 Å². The summed E-state index contributed by atoms with van der Waals surface area (Å²) in [6.45, 7) is 4.03. The van der Waals surface area contributed by atoms with Crippen LogP contribution in [0.1, 0.15) is 72.6 Å². The number of nitrogens with one attached hydrogen (secondary N) is 3. The average molecular weight is 345 g/mol. The Labute approximate surface area is 151 Å². The standard InChI is InChI=1S/C20H31N3O2/c1-2-12-22-19(24)16-8-7-9-17(15-16)20(25)23-14-13-21-18-10-5-3-4-6-11-18/h7-9,15,18,21H,2-6,10-14H2,1H3,(H,22,24)(H,23,25). The van der Waals surface area contributed by atoms with E-state index in [1.807, 2.05) is 6.92 Å². The molecule has 1 aliphatic carbocycles. The minimum atomic E-state index is -0.133. The van der Waals surface area contributed by atoms with E-state index in [0.29, 0.717) is 30.3 Å². The zero-order chi connectivity index (χ0) is 17.9. The molecule has 5 nitrogen and oxygen atoms in total. The Morgan fingerprint density at radius 2 is 1.52 bits per heavy atom. The highest BCUT2D eigenvalue weighted by Gasteiger charge is 2.12. The molecule has 1 aromatic rings. The molecule has 25 heavy (non-hydrogen) atoms. The summed E-state index contributed by atoms with van der Waals surface area (Å²) in [4.78, 5) is 24.3. The lowest BCUT2D eigenvalue weighted by Crippen LogP contribution is -2.37. The predicted molar refractivity (Wildman–Crippen MR) is 101 cm³/mol. The topological polar surface area (TPSA) is 70.2 Å². The molecule has 2 amide bonds. The third kappa shape index (κ3) is 6.86. The third-order valence-electron chi connectivity index (χ3n) is 4.62. The van der Waals surface area contributed by atoms with E-state index in [2.05, 4.69) is 16.0 Å². The molecule has 1 saturated carbocycles. The molecular weight excluding hydrogens is 314 g/mol. The first kappa shape index (κ1) is 19.4. The second-order valence-electron chi connectivity index (χ2n) is 6.74. The summed E-state index contributed by atoms with van der Waals surface area (Å²) in [7, 11) is 0.